The maximum Gasteiger partial charge on any atom is 0.319 e. The van der Waals surface area contributed by atoms with Gasteiger partial charge in [0.2, 0.25) is 0 Å². The van der Waals surface area contributed by atoms with Gasteiger partial charge in [0.25, 0.3) is 0 Å². The summed E-state index contributed by atoms with van der Waals surface area (Å²) in [5.74, 6) is 0. The number of urea groups is 1. The summed E-state index contributed by atoms with van der Waals surface area (Å²) in [6.45, 7) is 4.18. The second kappa shape index (κ2) is 6.65. The van der Waals surface area contributed by atoms with Crippen LogP contribution in [-0.4, -0.2) is 47.7 Å². The van der Waals surface area contributed by atoms with Gasteiger partial charge in [0, 0.05) is 31.2 Å². The standard InChI is InChI=1S/C18H24N4O3/c1-12-2-3-15(16-14(12)11-19-22-16)21-17(23)20-13-4-7-25-18(10-13)5-8-24-9-6-18/h2-3,11,13H,4-10H2,1H3,(H,19,22)(H2,20,21,23). The molecule has 0 saturated carbocycles. The number of ether oxygens (including phenoxy) is 2. The summed E-state index contributed by atoms with van der Waals surface area (Å²) in [6, 6.07) is 3.82. The molecule has 2 fully saturated rings. The van der Waals surface area contributed by atoms with Gasteiger partial charge in [0.1, 0.15) is 0 Å². The van der Waals surface area contributed by atoms with Gasteiger partial charge in [-0.15, -0.1) is 0 Å². The predicted molar refractivity (Wildman–Crippen MR) is 94.7 cm³/mol. The van der Waals surface area contributed by atoms with E-state index in [1.54, 1.807) is 6.20 Å². The molecular weight excluding hydrogens is 320 g/mol. The fraction of sp³-hybridized carbons (Fsp3) is 0.556. The van der Waals surface area contributed by atoms with Gasteiger partial charge in [-0.2, -0.15) is 5.10 Å². The highest BCUT2D eigenvalue weighted by Crippen LogP contribution is 2.34. The van der Waals surface area contributed by atoms with Gasteiger partial charge in [-0.1, -0.05) is 6.07 Å². The number of hydrogen-bond donors (Lipinski definition) is 3. The van der Waals surface area contributed by atoms with E-state index < -0.39 is 0 Å². The Morgan fingerprint density at radius 2 is 2.16 bits per heavy atom. The molecule has 0 aliphatic carbocycles. The Balaban J connectivity index is 1.41. The molecule has 1 atom stereocenters. The number of benzene rings is 1. The van der Waals surface area contributed by atoms with E-state index in [1.165, 1.54) is 0 Å². The molecule has 4 rings (SSSR count). The monoisotopic (exact) mass is 344 g/mol. The topological polar surface area (TPSA) is 88.3 Å². The molecule has 134 valence electrons. The SMILES string of the molecule is Cc1ccc(NC(=O)NC2CCOC3(CCOCC3)C2)c2[nH]ncc12. The van der Waals surface area contributed by atoms with Crippen LogP contribution in [0.5, 0.6) is 0 Å². The van der Waals surface area contributed by atoms with Crippen LogP contribution >= 0.6 is 0 Å². The van der Waals surface area contributed by atoms with Gasteiger partial charge in [-0.3, -0.25) is 5.10 Å². The average Bonchev–Trinajstić information content (AvgIpc) is 3.09. The highest BCUT2D eigenvalue weighted by atomic mass is 16.5. The number of H-pyrrole nitrogens is 1. The first-order chi connectivity index (χ1) is 12.2. The molecular formula is C18H24N4O3. The number of aromatic amines is 1. The van der Waals surface area contributed by atoms with E-state index in [0.717, 1.165) is 61.1 Å². The number of nitrogens with one attached hydrogen (secondary N) is 3. The van der Waals surface area contributed by atoms with Crippen LogP contribution in [0.3, 0.4) is 0 Å². The van der Waals surface area contributed by atoms with Crippen molar-refractivity contribution in [2.24, 2.45) is 0 Å². The van der Waals surface area contributed by atoms with Crippen molar-refractivity contribution < 1.29 is 14.3 Å². The first-order valence-corrected chi connectivity index (χ1v) is 8.87. The van der Waals surface area contributed by atoms with Crippen LogP contribution in [0.15, 0.2) is 18.3 Å². The molecule has 7 heteroatoms. The molecule has 1 unspecified atom stereocenters. The molecule has 1 aromatic heterocycles. The third kappa shape index (κ3) is 3.34. The molecule has 2 aliphatic heterocycles. The zero-order valence-electron chi connectivity index (χ0n) is 14.4. The van der Waals surface area contributed by atoms with E-state index in [-0.39, 0.29) is 17.7 Å². The lowest BCUT2D eigenvalue weighted by Crippen LogP contribution is -2.51. The number of rotatable bonds is 2. The minimum Gasteiger partial charge on any atom is -0.381 e. The molecule has 1 spiro atoms. The lowest BCUT2D eigenvalue weighted by molar-refractivity contribution is -0.139. The number of aromatic nitrogens is 2. The molecule has 2 saturated heterocycles. The van der Waals surface area contributed by atoms with E-state index in [1.807, 2.05) is 19.1 Å². The molecule has 3 heterocycles. The summed E-state index contributed by atoms with van der Waals surface area (Å²) >= 11 is 0. The molecule has 7 nitrogen and oxygen atoms in total. The normalized spacial score (nSPS) is 22.8. The first-order valence-electron chi connectivity index (χ1n) is 8.87. The number of amides is 2. The number of aryl methyl sites for hydroxylation is 1. The number of fused-ring (bicyclic) bond motifs is 1. The van der Waals surface area contributed by atoms with Gasteiger partial charge in [-0.25, -0.2) is 4.79 Å². The Kier molecular flexibility index (Phi) is 4.35. The summed E-state index contributed by atoms with van der Waals surface area (Å²) in [5, 5.41) is 14.1. The summed E-state index contributed by atoms with van der Waals surface area (Å²) in [5.41, 5.74) is 2.58. The van der Waals surface area contributed by atoms with Crippen molar-refractivity contribution in [1.82, 2.24) is 15.5 Å². The van der Waals surface area contributed by atoms with Crippen LogP contribution in [0.4, 0.5) is 10.5 Å². The Labute approximate surface area is 146 Å². The van der Waals surface area contributed by atoms with Crippen LogP contribution in [0.1, 0.15) is 31.2 Å². The summed E-state index contributed by atoms with van der Waals surface area (Å²) < 4.78 is 11.5. The van der Waals surface area contributed by atoms with Crippen molar-refractivity contribution in [2.45, 2.75) is 44.2 Å². The van der Waals surface area contributed by atoms with Crippen LogP contribution in [0.25, 0.3) is 10.9 Å². The summed E-state index contributed by atoms with van der Waals surface area (Å²) in [6.07, 6.45) is 5.26. The largest absolute Gasteiger partial charge is 0.381 e. The van der Waals surface area contributed by atoms with Gasteiger partial charge in [-0.05, 0) is 44.2 Å². The Hall–Kier alpha value is -2.12. The zero-order valence-corrected chi connectivity index (χ0v) is 14.4. The van der Waals surface area contributed by atoms with Crippen molar-refractivity contribution in [3.8, 4) is 0 Å². The van der Waals surface area contributed by atoms with Crippen LogP contribution in [0, 0.1) is 6.92 Å². The number of hydrogen-bond acceptors (Lipinski definition) is 4. The Bertz CT molecular complexity index is 761. The van der Waals surface area contributed by atoms with E-state index in [4.69, 9.17) is 9.47 Å². The summed E-state index contributed by atoms with van der Waals surface area (Å²) in [4.78, 5) is 12.5. The lowest BCUT2D eigenvalue weighted by atomic mass is 9.84. The minimum atomic E-state index is -0.186. The maximum atomic E-state index is 12.5. The fourth-order valence-electron chi connectivity index (χ4n) is 3.86. The van der Waals surface area contributed by atoms with E-state index in [9.17, 15) is 4.79 Å². The van der Waals surface area contributed by atoms with E-state index >= 15 is 0 Å². The van der Waals surface area contributed by atoms with E-state index in [2.05, 4.69) is 20.8 Å². The number of carbonyl (C=O) groups excluding carboxylic acids is 1. The minimum absolute atomic E-state index is 0.120. The summed E-state index contributed by atoms with van der Waals surface area (Å²) in [7, 11) is 0. The molecule has 1 aromatic carbocycles. The molecule has 2 aliphatic rings. The van der Waals surface area contributed by atoms with Crippen molar-refractivity contribution in [3.63, 3.8) is 0 Å². The molecule has 2 amide bonds. The van der Waals surface area contributed by atoms with Crippen molar-refractivity contribution in [3.05, 3.63) is 23.9 Å². The van der Waals surface area contributed by atoms with Crippen LogP contribution in [0.2, 0.25) is 0 Å². The van der Waals surface area contributed by atoms with Crippen molar-refractivity contribution in [1.29, 1.82) is 0 Å². The Morgan fingerprint density at radius 1 is 1.32 bits per heavy atom. The predicted octanol–water partition coefficient (Wildman–Crippen LogP) is 2.72. The number of carbonyl (C=O) groups is 1. The smallest absolute Gasteiger partial charge is 0.319 e. The van der Waals surface area contributed by atoms with Crippen molar-refractivity contribution in [2.75, 3.05) is 25.1 Å². The number of anilines is 1. The van der Waals surface area contributed by atoms with Crippen LogP contribution in [-0.2, 0) is 9.47 Å². The van der Waals surface area contributed by atoms with Gasteiger partial charge in [0.05, 0.1) is 23.0 Å². The van der Waals surface area contributed by atoms with Crippen LogP contribution < -0.4 is 10.6 Å². The van der Waals surface area contributed by atoms with Gasteiger partial charge < -0.3 is 20.1 Å². The molecule has 0 bridgehead atoms. The third-order valence-electron chi connectivity index (χ3n) is 5.31. The zero-order chi connectivity index (χ0) is 17.3. The molecule has 0 radical (unpaired) electrons. The lowest BCUT2D eigenvalue weighted by Gasteiger charge is -2.43. The highest BCUT2D eigenvalue weighted by Gasteiger charge is 2.39. The fourth-order valence-corrected chi connectivity index (χ4v) is 3.86. The van der Waals surface area contributed by atoms with E-state index in [0.29, 0.717) is 6.61 Å². The second-order valence-electron chi connectivity index (χ2n) is 7.02. The maximum absolute atomic E-state index is 12.5. The van der Waals surface area contributed by atoms with Gasteiger partial charge >= 0.3 is 6.03 Å². The third-order valence-corrected chi connectivity index (χ3v) is 5.31. The van der Waals surface area contributed by atoms with Gasteiger partial charge in [0.15, 0.2) is 0 Å². The first kappa shape index (κ1) is 16.4. The van der Waals surface area contributed by atoms with Crippen molar-refractivity contribution >= 4 is 22.6 Å². The highest BCUT2D eigenvalue weighted by molar-refractivity contribution is 6.00. The number of nitrogens with zero attached hydrogens (tertiary/aromatic N) is 1. The molecule has 25 heavy (non-hydrogen) atoms. The molecule has 2 aromatic rings. The molecule has 3 N–H and O–H groups in total. The second-order valence-corrected chi connectivity index (χ2v) is 7.02. The average molecular weight is 344 g/mol. The Morgan fingerprint density at radius 3 is 3.00 bits per heavy atom. The quantitative estimate of drug-likeness (QED) is 0.781.